The van der Waals surface area contributed by atoms with Gasteiger partial charge in [-0.2, -0.15) is 0 Å². The lowest BCUT2D eigenvalue weighted by molar-refractivity contribution is -0.161. The average Bonchev–Trinajstić information content (AvgIpc) is 3.96. The molecule has 12 nitrogen and oxygen atoms in total. The van der Waals surface area contributed by atoms with Crippen LogP contribution < -0.4 is 10.1 Å². The number of rotatable bonds is 13. The van der Waals surface area contributed by atoms with E-state index in [-0.39, 0.29) is 25.8 Å². The number of aromatic nitrogens is 2. The summed E-state index contributed by atoms with van der Waals surface area (Å²) >= 11 is 0. The van der Waals surface area contributed by atoms with E-state index >= 15 is 0 Å². The van der Waals surface area contributed by atoms with Crippen molar-refractivity contribution in [2.75, 3.05) is 12.3 Å². The Morgan fingerprint density at radius 1 is 1.06 bits per heavy atom. The van der Waals surface area contributed by atoms with Crippen LogP contribution in [0.3, 0.4) is 0 Å². The van der Waals surface area contributed by atoms with Crippen LogP contribution in [0.25, 0.3) is 11.1 Å². The van der Waals surface area contributed by atoms with Gasteiger partial charge >= 0.3 is 5.97 Å². The van der Waals surface area contributed by atoms with Gasteiger partial charge in [0.15, 0.2) is 15.6 Å². The minimum Gasteiger partial charge on any atom is -0.487 e. The van der Waals surface area contributed by atoms with Gasteiger partial charge in [0.2, 0.25) is 11.8 Å². The van der Waals surface area contributed by atoms with Gasteiger partial charge in [0, 0.05) is 36.5 Å². The molecular weight excluding hydrogens is 660 g/mol. The standard InChI is InChI=1S/C37H48N4O8S/c1-8-25-18-37(25,31(42)22-50(46,47)28-9-10-28)40-33(44)30-16-27(48-26-15-24(19-39-20-26)23-11-13-38-14-12-23)21-41(30)34(45)29(35(2,3)4)17-32(43)49-36(5,6)7/h8,11-15,19-20,25,27-30H,1,9-10,16-18,21-22H2,2-7H3,(H,40,44)/t25-,27-,29-,30+,37-/m1/s1. The van der Waals surface area contributed by atoms with Gasteiger partial charge in [-0.05, 0) is 69.2 Å². The first kappa shape index (κ1) is 37.1. The van der Waals surface area contributed by atoms with Crippen LogP contribution in [0.1, 0.15) is 73.6 Å². The molecule has 2 amide bonds. The second-order valence-corrected chi connectivity index (χ2v) is 18.1. The number of esters is 1. The van der Waals surface area contributed by atoms with Gasteiger partial charge in [0.1, 0.15) is 34.8 Å². The number of carbonyl (C=O) groups is 4. The normalized spacial score (nSPS) is 24.2. The zero-order valence-electron chi connectivity index (χ0n) is 29.7. The van der Waals surface area contributed by atoms with Crippen LogP contribution >= 0.6 is 0 Å². The largest absolute Gasteiger partial charge is 0.487 e. The van der Waals surface area contributed by atoms with Gasteiger partial charge in [-0.15, -0.1) is 6.58 Å². The first-order valence-electron chi connectivity index (χ1n) is 17.1. The molecule has 270 valence electrons. The van der Waals surface area contributed by atoms with Gasteiger partial charge in [0.05, 0.1) is 30.3 Å². The Labute approximate surface area is 294 Å². The highest BCUT2D eigenvalue weighted by Crippen LogP contribution is 2.46. The Morgan fingerprint density at radius 2 is 1.74 bits per heavy atom. The molecular formula is C37H48N4O8S. The maximum absolute atomic E-state index is 14.5. The molecule has 2 saturated carbocycles. The third-order valence-corrected chi connectivity index (χ3v) is 11.7. The third kappa shape index (κ3) is 8.59. The Morgan fingerprint density at radius 3 is 2.32 bits per heavy atom. The third-order valence-electron chi connectivity index (χ3n) is 9.52. The van der Waals surface area contributed by atoms with E-state index in [0.717, 1.165) is 11.1 Å². The van der Waals surface area contributed by atoms with E-state index < -0.39 is 84.9 Å². The van der Waals surface area contributed by atoms with Crippen molar-refractivity contribution >= 4 is 33.4 Å². The maximum Gasteiger partial charge on any atom is 0.307 e. The van der Waals surface area contributed by atoms with Crippen molar-refractivity contribution in [3.63, 3.8) is 0 Å². The zero-order valence-corrected chi connectivity index (χ0v) is 30.5. The molecule has 2 aromatic heterocycles. The minimum absolute atomic E-state index is 0.0270. The number of Topliss-reactive ketones (excluding diaryl/α,β-unsaturated/α-hetero) is 1. The van der Waals surface area contributed by atoms with Crippen LogP contribution in [0.5, 0.6) is 5.75 Å². The molecule has 0 unspecified atom stereocenters. The topological polar surface area (TPSA) is 162 Å². The molecule has 2 aliphatic carbocycles. The summed E-state index contributed by atoms with van der Waals surface area (Å²) in [6, 6.07) is 4.43. The number of carbonyl (C=O) groups excluding carboxylic acids is 4. The van der Waals surface area contributed by atoms with Crippen molar-refractivity contribution in [1.82, 2.24) is 20.2 Å². The number of hydrogen-bond acceptors (Lipinski definition) is 10. The first-order valence-corrected chi connectivity index (χ1v) is 18.8. The van der Waals surface area contributed by atoms with Crippen molar-refractivity contribution in [3.8, 4) is 16.9 Å². The number of likely N-dealkylation sites (tertiary alicyclic amines) is 1. The molecule has 50 heavy (non-hydrogen) atoms. The summed E-state index contributed by atoms with van der Waals surface area (Å²) in [5.74, 6) is -3.65. The molecule has 1 aliphatic heterocycles. The predicted molar refractivity (Wildman–Crippen MR) is 186 cm³/mol. The quantitative estimate of drug-likeness (QED) is 0.237. The summed E-state index contributed by atoms with van der Waals surface area (Å²) in [4.78, 5) is 65.0. The van der Waals surface area contributed by atoms with Crippen LogP contribution in [0, 0.1) is 17.3 Å². The van der Waals surface area contributed by atoms with E-state index in [2.05, 4.69) is 21.9 Å². The second-order valence-electron chi connectivity index (χ2n) is 15.8. The van der Waals surface area contributed by atoms with Crippen LogP contribution in [0.15, 0.2) is 55.6 Å². The lowest BCUT2D eigenvalue weighted by atomic mass is 9.77. The SMILES string of the molecule is C=C[C@@H]1C[C@]1(NC(=O)[C@@H]1C[C@@H](Oc2cncc(-c3ccncc3)c2)CN1C(=O)[C@@H](CC(=O)OC(C)(C)C)C(C)(C)C)C(=O)CS(=O)(=O)C1CC1. The lowest BCUT2D eigenvalue weighted by Gasteiger charge is -2.35. The molecule has 0 spiro atoms. The Balaban J connectivity index is 1.42. The van der Waals surface area contributed by atoms with Crippen molar-refractivity contribution in [1.29, 1.82) is 0 Å². The molecule has 5 rings (SSSR count). The number of sulfone groups is 1. The van der Waals surface area contributed by atoms with E-state index in [4.69, 9.17) is 9.47 Å². The Hall–Kier alpha value is -4.13. The number of pyridine rings is 2. The van der Waals surface area contributed by atoms with Gasteiger partial charge in [-0.3, -0.25) is 29.1 Å². The molecule has 13 heteroatoms. The number of ketones is 1. The van der Waals surface area contributed by atoms with E-state index in [1.165, 1.54) is 4.90 Å². The summed E-state index contributed by atoms with van der Waals surface area (Å²) in [5, 5.41) is 2.34. The summed E-state index contributed by atoms with van der Waals surface area (Å²) in [6.07, 6.45) is 8.66. The second kappa shape index (κ2) is 13.9. The van der Waals surface area contributed by atoms with Crippen molar-refractivity contribution in [3.05, 3.63) is 55.6 Å². The molecule has 3 heterocycles. The predicted octanol–water partition coefficient (Wildman–Crippen LogP) is 4.09. The van der Waals surface area contributed by atoms with Gasteiger partial charge in [0.25, 0.3) is 0 Å². The highest BCUT2D eigenvalue weighted by atomic mass is 32.2. The van der Waals surface area contributed by atoms with E-state index in [1.54, 1.807) is 51.6 Å². The molecule has 1 N–H and O–H groups in total. The van der Waals surface area contributed by atoms with E-state index in [1.807, 2.05) is 39.0 Å². The molecule has 0 aromatic carbocycles. The fraction of sp³-hybridized carbons (Fsp3) is 0.568. The molecule has 5 atom stereocenters. The molecule has 0 bridgehead atoms. The summed E-state index contributed by atoms with van der Waals surface area (Å²) in [7, 11) is -3.63. The van der Waals surface area contributed by atoms with Crippen LogP contribution in [0.2, 0.25) is 0 Å². The Kier molecular flexibility index (Phi) is 10.3. The maximum atomic E-state index is 14.5. The highest BCUT2D eigenvalue weighted by Gasteiger charge is 2.61. The van der Waals surface area contributed by atoms with Gasteiger partial charge < -0.3 is 19.7 Å². The van der Waals surface area contributed by atoms with E-state index in [9.17, 15) is 27.6 Å². The van der Waals surface area contributed by atoms with Crippen molar-refractivity contribution < 1.29 is 37.1 Å². The summed E-state index contributed by atoms with van der Waals surface area (Å²) in [5.41, 5.74) is -1.18. The number of hydrogen-bond donors (Lipinski definition) is 1. The van der Waals surface area contributed by atoms with E-state index in [0.29, 0.717) is 18.6 Å². The van der Waals surface area contributed by atoms with Gasteiger partial charge in [-0.25, -0.2) is 8.42 Å². The van der Waals surface area contributed by atoms with Crippen LogP contribution in [0.4, 0.5) is 0 Å². The molecule has 0 radical (unpaired) electrons. The number of nitrogens with one attached hydrogen (secondary N) is 1. The Bertz CT molecular complexity index is 1750. The average molecular weight is 709 g/mol. The van der Waals surface area contributed by atoms with Gasteiger partial charge in [-0.1, -0.05) is 26.8 Å². The first-order chi connectivity index (χ1) is 23.3. The zero-order chi connectivity index (χ0) is 36.6. The summed E-state index contributed by atoms with van der Waals surface area (Å²) < 4.78 is 37.4. The van der Waals surface area contributed by atoms with Crippen LogP contribution in [-0.2, 0) is 33.8 Å². The molecule has 1 saturated heterocycles. The lowest BCUT2D eigenvalue weighted by Crippen LogP contribution is -2.55. The molecule has 3 fully saturated rings. The van der Waals surface area contributed by atoms with Crippen molar-refractivity contribution in [2.45, 2.75) is 102 Å². The molecule has 2 aromatic rings. The highest BCUT2D eigenvalue weighted by molar-refractivity contribution is 7.93. The number of ether oxygens (including phenoxy) is 2. The number of amides is 2. The minimum atomic E-state index is -3.63. The smallest absolute Gasteiger partial charge is 0.307 e. The monoisotopic (exact) mass is 708 g/mol. The summed E-state index contributed by atoms with van der Waals surface area (Å²) in [6.45, 7) is 14.6. The molecule has 3 aliphatic rings. The fourth-order valence-electron chi connectivity index (χ4n) is 6.53. The number of nitrogens with zero attached hydrogens (tertiary/aromatic N) is 3. The fourth-order valence-corrected chi connectivity index (χ4v) is 8.25. The van der Waals surface area contributed by atoms with Crippen LogP contribution in [-0.4, -0.2) is 87.7 Å². The van der Waals surface area contributed by atoms with Crippen molar-refractivity contribution in [2.24, 2.45) is 17.3 Å².